The van der Waals surface area contributed by atoms with Crippen LogP contribution in [0, 0.1) is 13.8 Å². The third-order valence-electron chi connectivity index (χ3n) is 3.95. The first-order chi connectivity index (χ1) is 10.1. The Balaban J connectivity index is 0.00000242. The van der Waals surface area contributed by atoms with Crippen LogP contribution in [-0.4, -0.2) is 50.1 Å². The SMILES string of the molecule is Cc1cc(CCCC(=O)NCCN2CCNCC2)c(C)s1.Cl. The lowest BCUT2D eigenvalue weighted by Crippen LogP contribution is -2.46. The lowest BCUT2D eigenvalue weighted by molar-refractivity contribution is -0.121. The van der Waals surface area contributed by atoms with Crippen LogP contribution in [0.25, 0.3) is 0 Å². The van der Waals surface area contributed by atoms with E-state index in [0.29, 0.717) is 6.42 Å². The molecule has 0 aliphatic carbocycles. The number of nitrogens with one attached hydrogen (secondary N) is 2. The van der Waals surface area contributed by atoms with E-state index in [1.54, 1.807) is 0 Å². The number of carbonyl (C=O) groups excluding carboxylic acids is 1. The van der Waals surface area contributed by atoms with Gasteiger partial charge in [-0.3, -0.25) is 9.69 Å². The van der Waals surface area contributed by atoms with Crippen molar-refractivity contribution in [1.82, 2.24) is 15.5 Å². The molecule has 1 aliphatic rings. The van der Waals surface area contributed by atoms with Gasteiger partial charge in [-0.15, -0.1) is 23.7 Å². The predicted octanol–water partition coefficient (Wildman–Crippen LogP) is 2.13. The first-order valence-electron chi connectivity index (χ1n) is 7.91. The number of hydrogen-bond donors (Lipinski definition) is 2. The van der Waals surface area contributed by atoms with Gasteiger partial charge in [0.1, 0.15) is 0 Å². The Kier molecular flexibility index (Phi) is 9.02. The fourth-order valence-electron chi connectivity index (χ4n) is 2.75. The van der Waals surface area contributed by atoms with E-state index >= 15 is 0 Å². The Bertz CT molecular complexity index is 458. The Morgan fingerprint density at radius 1 is 1.36 bits per heavy atom. The molecular weight excluding hydrogens is 318 g/mol. The summed E-state index contributed by atoms with van der Waals surface area (Å²) in [6.45, 7) is 10.4. The average Bonchev–Trinajstić information content (AvgIpc) is 2.78. The molecule has 0 bridgehead atoms. The molecule has 0 spiro atoms. The molecule has 2 N–H and O–H groups in total. The number of piperazine rings is 1. The first kappa shape index (κ1) is 19.4. The second-order valence-electron chi connectivity index (χ2n) is 5.73. The molecule has 1 fully saturated rings. The maximum Gasteiger partial charge on any atom is 0.220 e. The van der Waals surface area contributed by atoms with E-state index in [-0.39, 0.29) is 18.3 Å². The average molecular weight is 346 g/mol. The summed E-state index contributed by atoms with van der Waals surface area (Å²) >= 11 is 1.85. The minimum absolute atomic E-state index is 0. The van der Waals surface area contributed by atoms with E-state index < -0.39 is 0 Å². The van der Waals surface area contributed by atoms with Crippen molar-refractivity contribution in [2.24, 2.45) is 0 Å². The third-order valence-corrected chi connectivity index (χ3v) is 4.96. The number of hydrogen-bond acceptors (Lipinski definition) is 4. The number of aryl methyl sites for hydroxylation is 3. The fourth-order valence-corrected chi connectivity index (χ4v) is 3.72. The quantitative estimate of drug-likeness (QED) is 0.795. The fraction of sp³-hybridized carbons (Fsp3) is 0.688. The lowest BCUT2D eigenvalue weighted by atomic mass is 10.1. The van der Waals surface area contributed by atoms with Gasteiger partial charge in [0.15, 0.2) is 0 Å². The summed E-state index contributed by atoms with van der Waals surface area (Å²) in [5.41, 5.74) is 1.41. The molecule has 1 aromatic rings. The monoisotopic (exact) mass is 345 g/mol. The number of halogens is 1. The van der Waals surface area contributed by atoms with Crippen LogP contribution in [-0.2, 0) is 11.2 Å². The molecule has 0 unspecified atom stereocenters. The second kappa shape index (κ2) is 10.2. The van der Waals surface area contributed by atoms with Crippen LogP contribution in [0.2, 0.25) is 0 Å². The summed E-state index contributed by atoms with van der Waals surface area (Å²) in [6, 6.07) is 2.25. The molecule has 0 saturated carbocycles. The zero-order chi connectivity index (χ0) is 15.1. The van der Waals surface area contributed by atoms with Crippen molar-refractivity contribution < 1.29 is 4.79 Å². The van der Waals surface area contributed by atoms with Gasteiger partial charge >= 0.3 is 0 Å². The Morgan fingerprint density at radius 3 is 2.73 bits per heavy atom. The van der Waals surface area contributed by atoms with Crippen LogP contribution in [0.3, 0.4) is 0 Å². The second-order valence-corrected chi connectivity index (χ2v) is 7.19. The first-order valence-corrected chi connectivity index (χ1v) is 8.72. The summed E-state index contributed by atoms with van der Waals surface area (Å²) < 4.78 is 0. The van der Waals surface area contributed by atoms with Gasteiger partial charge in [0.25, 0.3) is 0 Å². The standard InChI is InChI=1S/C16H27N3OS.ClH/c1-13-12-15(14(2)21-13)4-3-5-16(20)18-8-11-19-9-6-17-7-10-19;/h12,17H,3-11H2,1-2H3,(H,18,20);1H. The Morgan fingerprint density at radius 2 is 2.09 bits per heavy atom. The highest BCUT2D eigenvalue weighted by Crippen LogP contribution is 2.22. The van der Waals surface area contributed by atoms with Gasteiger partial charge in [0.05, 0.1) is 0 Å². The van der Waals surface area contributed by atoms with Crippen molar-refractivity contribution in [3.63, 3.8) is 0 Å². The van der Waals surface area contributed by atoms with Gasteiger partial charge in [-0.25, -0.2) is 0 Å². The highest BCUT2D eigenvalue weighted by atomic mass is 35.5. The largest absolute Gasteiger partial charge is 0.355 e. The number of thiophene rings is 1. The Hall–Kier alpha value is -0.620. The van der Waals surface area contributed by atoms with Crippen LogP contribution < -0.4 is 10.6 Å². The highest BCUT2D eigenvalue weighted by molar-refractivity contribution is 7.12. The molecular formula is C16H28ClN3OS. The molecule has 126 valence electrons. The van der Waals surface area contributed by atoms with Gasteiger partial charge in [0, 0.05) is 55.4 Å². The number of amides is 1. The number of nitrogens with zero attached hydrogens (tertiary/aromatic N) is 1. The van der Waals surface area contributed by atoms with Crippen molar-refractivity contribution in [3.8, 4) is 0 Å². The zero-order valence-corrected chi connectivity index (χ0v) is 15.2. The van der Waals surface area contributed by atoms with Crippen LogP contribution in [0.4, 0.5) is 0 Å². The van der Waals surface area contributed by atoms with E-state index in [1.165, 1.54) is 15.3 Å². The zero-order valence-electron chi connectivity index (χ0n) is 13.6. The third kappa shape index (κ3) is 6.65. The summed E-state index contributed by atoms with van der Waals surface area (Å²) in [5, 5.41) is 6.37. The minimum atomic E-state index is 0. The van der Waals surface area contributed by atoms with Gasteiger partial charge in [-0.1, -0.05) is 0 Å². The van der Waals surface area contributed by atoms with Gasteiger partial charge in [-0.05, 0) is 38.3 Å². The van der Waals surface area contributed by atoms with E-state index in [4.69, 9.17) is 0 Å². The van der Waals surface area contributed by atoms with E-state index in [0.717, 1.165) is 52.1 Å². The van der Waals surface area contributed by atoms with Crippen LogP contribution in [0.5, 0.6) is 0 Å². The summed E-state index contributed by atoms with van der Waals surface area (Å²) in [5.74, 6) is 0.190. The van der Waals surface area contributed by atoms with Crippen molar-refractivity contribution in [2.75, 3.05) is 39.3 Å². The van der Waals surface area contributed by atoms with Gasteiger partial charge in [0.2, 0.25) is 5.91 Å². The van der Waals surface area contributed by atoms with Crippen molar-refractivity contribution >= 4 is 29.7 Å². The molecule has 2 rings (SSSR count). The molecule has 4 nitrogen and oxygen atoms in total. The number of rotatable bonds is 7. The van der Waals surface area contributed by atoms with Crippen molar-refractivity contribution in [2.45, 2.75) is 33.1 Å². The predicted molar refractivity (Wildman–Crippen MR) is 96.3 cm³/mol. The maximum atomic E-state index is 11.8. The maximum absolute atomic E-state index is 11.8. The number of carbonyl (C=O) groups is 1. The van der Waals surface area contributed by atoms with Crippen LogP contribution in [0.1, 0.15) is 28.2 Å². The normalized spacial score (nSPS) is 15.4. The topological polar surface area (TPSA) is 44.4 Å². The molecule has 0 aromatic carbocycles. The molecule has 6 heteroatoms. The summed E-state index contributed by atoms with van der Waals surface area (Å²) in [7, 11) is 0. The molecule has 22 heavy (non-hydrogen) atoms. The molecule has 1 aromatic heterocycles. The lowest BCUT2D eigenvalue weighted by Gasteiger charge is -2.27. The summed E-state index contributed by atoms with van der Waals surface area (Å²) in [6.07, 6.45) is 2.59. The molecule has 0 atom stereocenters. The van der Waals surface area contributed by atoms with Crippen molar-refractivity contribution in [1.29, 1.82) is 0 Å². The molecule has 1 amide bonds. The minimum Gasteiger partial charge on any atom is -0.355 e. The van der Waals surface area contributed by atoms with E-state index in [2.05, 4.69) is 35.4 Å². The van der Waals surface area contributed by atoms with Crippen molar-refractivity contribution in [3.05, 3.63) is 21.4 Å². The molecule has 2 heterocycles. The van der Waals surface area contributed by atoms with Crippen LogP contribution in [0.15, 0.2) is 6.07 Å². The van der Waals surface area contributed by atoms with Gasteiger partial charge in [-0.2, -0.15) is 0 Å². The van der Waals surface area contributed by atoms with E-state index in [9.17, 15) is 4.79 Å². The molecule has 0 radical (unpaired) electrons. The van der Waals surface area contributed by atoms with Crippen LogP contribution >= 0.6 is 23.7 Å². The highest BCUT2D eigenvalue weighted by Gasteiger charge is 2.09. The Labute approximate surface area is 144 Å². The summed E-state index contributed by atoms with van der Waals surface area (Å²) in [4.78, 5) is 17.0. The smallest absolute Gasteiger partial charge is 0.220 e. The van der Waals surface area contributed by atoms with Gasteiger partial charge < -0.3 is 10.6 Å². The molecule has 1 aliphatic heterocycles. The molecule has 1 saturated heterocycles. The van der Waals surface area contributed by atoms with E-state index in [1.807, 2.05) is 11.3 Å².